The molecule has 1 amide bonds. The number of likely N-dealkylation sites (tertiary alicyclic amines) is 1. The molecule has 1 fully saturated rings. The number of nitrogens with one attached hydrogen (secondary N) is 1. The summed E-state index contributed by atoms with van der Waals surface area (Å²) in [4.78, 5) is 19.4. The fourth-order valence-electron chi connectivity index (χ4n) is 3.53. The van der Waals surface area contributed by atoms with Crippen LogP contribution in [0.1, 0.15) is 24.3 Å². The highest BCUT2D eigenvalue weighted by Gasteiger charge is 2.26. The van der Waals surface area contributed by atoms with Crippen molar-refractivity contribution >= 4 is 23.2 Å². The number of benzene rings is 2. The molecular formula is C22H23ClN4O2. The van der Waals surface area contributed by atoms with Crippen molar-refractivity contribution in [2.24, 2.45) is 5.92 Å². The Labute approximate surface area is 174 Å². The maximum atomic E-state index is 12.6. The molecule has 4 rings (SSSR count). The van der Waals surface area contributed by atoms with E-state index < -0.39 is 0 Å². The summed E-state index contributed by atoms with van der Waals surface area (Å²) >= 11 is 6.05. The number of piperidine rings is 1. The van der Waals surface area contributed by atoms with Gasteiger partial charge in [0.25, 0.3) is 0 Å². The largest absolute Gasteiger partial charge is 0.338 e. The second kappa shape index (κ2) is 8.76. The van der Waals surface area contributed by atoms with Crippen LogP contribution in [0, 0.1) is 12.8 Å². The molecule has 0 radical (unpaired) electrons. The van der Waals surface area contributed by atoms with Crippen molar-refractivity contribution < 1.29 is 9.32 Å². The number of anilines is 1. The molecule has 0 saturated carbocycles. The Kier molecular flexibility index (Phi) is 5.92. The van der Waals surface area contributed by atoms with Crippen LogP contribution in [0.25, 0.3) is 11.4 Å². The van der Waals surface area contributed by atoms with E-state index in [4.69, 9.17) is 16.1 Å². The van der Waals surface area contributed by atoms with Crippen LogP contribution in [0.2, 0.25) is 5.02 Å². The molecule has 1 aliphatic rings. The Morgan fingerprint density at radius 3 is 2.72 bits per heavy atom. The van der Waals surface area contributed by atoms with Crippen LogP contribution >= 0.6 is 11.6 Å². The number of amides is 1. The van der Waals surface area contributed by atoms with Crippen molar-refractivity contribution in [1.82, 2.24) is 15.0 Å². The van der Waals surface area contributed by atoms with Gasteiger partial charge in [0.05, 0.1) is 6.54 Å². The quantitative estimate of drug-likeness (QED) is 0.668. The summed E-state index contributed by atoms with van der Waals surface area (Å²) in [6.07, 6.45) is 1.59. The van der Waals surface area contributed by atoms with E-state index in [0.717, 1.165) is 42.7 Å². The monoisotopic (exact) mass is 410 g/mol. The Bertz CT molecular complexity index is 981. The number of carbonyl (C=O) groups excluding carboxylic acids is 1. The molecule has 1 aliphatic heterocycles. The van der Waals surface area contributed by atoms with Gasteiger partial charge >= 0.3 is 0 Å². The number of halogens is 1. The van der Waals surface area contributed by atoms with Crippen LogP contribution in [-0.4, -0.2) is 34.0 Å². The van der Waals surface area contributed by atoms with E-state index in [9.17, 15) is 4.79 Å². The van der Waals surface area contributed by atoms with E-state index >= 15 is 0 Å². The molecule has 2 aromatic carbocycles. The highest BCUT2D eigenvalue weighted by Crippen LogP contribution is 2.24. The average Bonchev–Trinajstić information content (AvgIpc) is 3.20. The summed E-state index contributed by atoms with van der Waals surface area (Å²) in [5, 5.41) is 7.71. The molecule has 0 bridgehead atoms. The zero-order chi connectivity index (χ0) is 20.2. The Hall–Kier alpha value is -2.70. The van der Waals surface area contributed by atoms with Gasteiger partial charge in [-0.1, -0.05) is 53.2 Å². The van der Waals surface area contributed by atoms with E-state index in [0.29, 0.717) is 23.3 Å². The molecule has 2 heterocycles. The smallest absolute Gasteiger partial charge is 0.241 e. The number of hydrogen-bond acceptors (Lipinski definition) is 5. The van der Waals surface area contributed by atoms with Gasteiger partial charge in [-0.3, -0.25) is 9.69 Å². The third-order valence-electron chi connectivity index (χ3n) is 5.27. The minimum Gasteiger partial charge on any atom is -0.338 e. The Morgan fingerprint density at radius 1 is 1.21 bits per heavy atom. The van der Waals surface area contributed by atoms with Gasteiger partial charge in [-0.05, 0) is 50.6 Å². The van der Waals surface area contributed by atoms with Crippen LogP contribution in [0.4, 0.5) is 5.69 Å². The van der Waals surface area contributed by atoms with Gasteiger partial charge in [-0.25, -0.2) is 0 Å². The summed E-state index contributed by atoms with van der Waals surface area (Å²) in [7, 11) is 0. The summed E-state index contributed by atoms with van der Waals surface area (Å²) in [5.41, 5.74) is 2.73. The molecule has 1 aromatic heterocycles. The predicted molar refractivity (Wildman–Crippen MR) is 113 cm³/mol. The third kappa shape index (κ3) is 4.83. The first-order valence-electron chi connectivity index (χ1n) is 9.76. The van der Waals surface area contributed by atoms with E-state index in [1.807, 2.05) is 49.4 Å². The van der Waals surface area contributed by atoms with Crippen LogP contribution in [0.15, 0.2) is 53.1 Å². The standard InChI is InChI=1S/C22H23ClN4O2/c1-15-7-8-18(23)13-19(15)24-22(28)17-9-11-27(12-10-17)14-20-25-21(26-29-20)16-5-3-2-4-6-16/h2-8,13,17H,9-12,14H2,1H3,(H,24,28). The lowest BCUT2D eigenvalue weighted by Crippen LogP contribution is -2.37. The van der Waals surface area contributed by atoms with Gasteiger partial charge in [0.1, 0.15) is 0 Å². The predicted octanol–water partition coefficient (Wildman–Crippen LogP) is 4.55. The van der Waals surface area contributed by atoms with Gasteiger partial charge < -0.3 is 9.84 Å². The van der Waals surface area contributed by atoms with Crippen molar-refractivity contribution in [3.8, 4) is 11.4 Å². The zero-order valence-corrected chi connectivity index (χ0v) is 17.0. The molecule has 0 aliphatic carbocycles. The van der Waals surface area contributed by atoms with Gasteiger partial charge in [-0.2, -0.15) is 4.98 Å². The molecule has 150 valence electrons. The topological polar surface area (TPSA) is 71.3 Å². The number of aryl methyl sites for hydroxylation is 1. The summed E-state index contributed by atoms with van der Waals surface area (Å²) in [6.45, 7) is 4.19. The first kappa shape index (κ1) is 19.6. The molecule has 0 atom stereocenters. The van der Waals surface area contributed by atoms with Crippen LogP contribution < -0.4 is 5.32 Å². The van der Waals surface area contributed by atoms with Crippen LogP contribution in [0.5, 0.6) is 0 Å². The summed E-state index contributed by atoms with van der Waals surface area (Å²) in [5.74, 6) is 1.25. The SMILES string of the molecule is Cc1ccc(Cl)cc1NC(=O)C1CCN(Cc2nc(-c3ccccc3)no2)CC1. The van der Waals surface area contributed by atoms with Crippen molar-refractivity contribution in [2.45, 2.75) is 26.3 Å². The van der Waals surface area contributed by atoms with Gasteiger partial charge in [0.15, 0.2) is 0 Å². The lowest BCUT2D eigenvalue weighted by molar-refractivity contribution is -0.121. The highest BCUT2D eigenvalue weighted by atomic mass is 35.5. The van der Waals surface area contributed by atoms with Crippen LogP contribution in [-0.2, 0) is 11.3 Å². The zero-order valence-electron chi connectivity index (χ0n) is 16.3. The van der Waals surface area contributed by atoms with Crippen molar-refractivity contribution in [3.63, 3.8) is 0 Å². The second-order valence-electron chi connectivity index (χ2n) is 7.38. The van der Waals surface area contributed by atoms with E-state index in [2.05, 4.69) is 20.4 Å². The summed E-state index contributed by atoms with van der Waals surface area (Å²) in [6, 6.07) is 15.3. The maximum absolute atomic E-state index is 12.6. The fraction of sp³-hybridized carbons (Fsp3) is 0.318. The van der Waals surface area contributed by atoms with E-state index in [1.54, 1.807) is 6.07 Å². The minimum absolute atomic E-state index is 0.00723. The molecule has 0 unspecified atom stereocenters. The second-order valence-corrected chi connectivity index (χ2v) is 7.81. The lowest BCUT2D eigenvalue weighted by Gasteiger charge is -2.30. The number of nitrogens with zero attached hydrogens (tertiary/aromatic N) is 3. The van der Waals surface area contributed by atoms with Crippen LogP contribution in [0.3, 0.4) is 0 Å². The van der Waals surface area contributed by atoms with Crippen molar-refractivity contribution in [1.29, 1.82) is 0 Å². The number of rotatable bonds is 5. The van der Waals surface area contributed by atoms with Crippen molar-refractivity contribution in [3.05, 3.63) is 65.0 Å². The molecule has 7 heteroatoms. The van der Waals surface area contributed by atoms with Gasteiger partial charge in [-0.15, -0.1) is 0 Å². The highest BCUT2D eigenvalue weighted by molar-refractivity contribution is 6.31. The molecule has 29 heavy (non-hydrogen) atoms. The molecule has 3 aromatic rings. The molecule has 1 N–H and O–H groups in total. The molecule has 0 spiro atoms. The fourth-order valence-corrected chi connectivity index (χ4v) is 3.70. The Morgan fingerprint density at radius 2 is 1.97 bits per heavy atom. The first-order valence-corrected chi connectivity index (χ1v) is 10.1. The minimum atomic E-state index is -0.00723. The Balaban J connectivity index is 1.30. The van der Waals surface area contributed by atoms with Crippen molar-refractivity contribution in [2.75, 3.05) is 18.4 Å². The average molecular weight is 411 g/mol. The van der Waals surface area contributed by atoms with Gasteiger partial charge in [0.2, 0.25) is 17.6 Å². The molecule has 1 saturated heterocycles. The third-order valence-corrected chi connectivity index (χ3v) is 5.51. The maximum Gasteiger partial charge on any atom is 0.241 e. The molecule has 6 nitrogen and oxygen atoms in total. The first-order chi connectivity index (χ1) is 14.1. The summed E-state index contributed by atoms with van der Waals surface area (Å²) < 4.78 is 5.40. The molecular weight excluding hydrogens is 388 g/mol. The number of aromatic nitrogens is 2. The number of carbonyl (C=O) groups is 1. The normalized spacial score (nSPS) is 15.4. The van der Waals surface area contributed by atoms with E-state index in [1.165, 1.54) is 0 Å². The number of hydrogen-bond donors (Lipinski definition) is 1. The van der Waals surface area contributed by atoms with E-state index in [-0.39, 0.29) is 11.8 Å². The lowest BCUT2D eigenvalue weighted by atomic mass is 9.95. The van der Waals surface area contributed by atoms with Gasteiger partial charge in [0, 0.05) is 22.2 Å².